The molecule has 1 fully saturated rings. The topological polar surface area (TPSA) is 75.4 Å². The van der Waals surface area contributed by atoms with Crippen LogP contribution in [0.1, 0.15) is 23.3 Å². The fourth-order valence-corrected chi connectivity index (χ4v) is 3.29. The Balaban J connectivity index is 1.81. The highest BCUT2D eigenvalue weighted by Gasteiger charge is 2.32. The van der Waals surface area contributed by atoms with Crippen molar-refractivity contribution in [3.8, 4) is 0 Å². The molecule has 5 nitrogen and oxygen atoms in total. The maximum atomic E-state index is 12.0. The molecule has 3 N–H and O–H groups in total. The first-order valence-corrected chi connectivity index (χ1v) is 7.34. The van der Waals surface area contributed by atoms with Gasteiger partial charge in [-0.1, -0.05) is 0 Å². The number of carbonyl (C=O) groups is 2. The fraction of sp³-hybridized carbons (Fsp3) is 0.538. The zero-order valence-corrected chi connectivity index (χ0v) is 11.8. The molecule has 0 saturated carbocycles. The first-order valence-electron chi connectivity index (χ1n) is 6.46. The third kappa shape index (κ3) is 3.26. The van der Waals surface area contributed by atoms with Gasteiger partial charge in [0.2, 0.25) is 5.91 Å². The van der Waals surface area contributed by atoms with Gasteiger partial charge < -0.3 is 16.0 Å². The van der Waals surface area contributed by atoms with Crippen molar-refractivity contribution < 1.29 is 9.59 Å². The van der Waals surface area contributed by atoms with Crippen LogP contribution in [0.25, 0.3) is 0 Å². The van der Waals surface area contributed by atoms with E-state index in [4.69, 9.17) is 5.73 Å². The molecular weight excluding hydrogens is 262 g/mol. The lowest BCUT2D eigenvalue weighted by Gasteiger charge is -2.21. The third-order valence-electron chi connectivity index (χ3n) is 3.46. The van der Waals surface area contributed by atoms with E-state index in [2.05, 4.69) is 23.7 Å². The van der Waals surface area contributed by atoms with Gasteiger partial charge in [-0.05, 0) is 43.2 Å². The molecular formula is C13H19N3O2S. The first kappa shape index (κ1) is 13.9. The number of thiophene rings is 1. The summed E-state index contributed by atoms with van der Waals surface area (Å²) in [5, 5.41) is 4.95. The molecule has 1 aromatic rings. The summed E-state index contributed by atoms with van der Waals surface area (Å²) in [6, 6.07) is 1.18. The number of nitrogens with one attached hydrogen (secondary N) is 1. The van der Waals surface area contributed by atoms with Crippen LogP contribution >= 0.6 is 11.3 Å². The highest BCUT2D eigenvalue weighted by atomic mass is 32.1. The minimum atomic E-state index is -0.508. The van der Waals surface area contributed by atoms with Gasteiger partial charge in [0.05, 0.1) is 0 Å². The molecule has 1 atom stereocenters. The molecule has 1 aliphatic rings. The summed E-state index contributed by atoms with van der Waals surface area (Å²) < 4.78 is 0. The molecule has 0 radical (unpaired) electrons. The molecule has 3 amide bonds. The SMILES string of the molecule is Cc1ccsc1CCNC(=O)[C@H]1CCCN1C(N)=O. The maximum absolute atomic E-state index is 12.0. The van der Waals surface area contributed by atoms with Gasteiger partial charge in [0.15, 0.2) is 0 Å². The molecule has 19 heavy (non-hydrogen) atoms. The largest absolute Gasteiger partial charge is 0.354 e. The Morgan fingerprint density at radius 3 is 3.00 bits per heavy atom. The van der Waals surface area contributed by atoms with Crippen molar-refractivity contribution in [3.05, 3.63) is 21.9 Å². The van der Waals surface area contributed by atoms with E-state index < -0.39 is 6.03 Å². The van der Waals surface area contributed by atoms with Crippen LogP contribution in [0, 0.1) is 6.92 Å². The van der Waals surface area contributed by atoms with Gasteiger partial charge in [0, 0.05) is 18.0 Å². The van der Waals surface area contributed by atoms with Crippen LogP contribution in [-0.2, 0) is 11.2 Å². The number of aryl methyl sites for hydroxylation is 1. The Kier molecular flexibility index (Phi) is 4.42. The van der Waals surface area contributed by atoms with Crippen molar-refractivity contribution in [2.45, 2.75) is 32.2 Å². The normalized spacial score (nSPS) is 18.6. The Labute approximate surface area is 116 Å². The predicted octanol–water partition coefficient (Wildman–Crippen LogP) is 1.26. The first-order chi connectivity index (χ1) is 9.09. The van der Waals surface area contributed by atoms with Crippen molar-refractivity contribution >= 4 is 23.3 Å². The van der Waals surface area contributed by atoms with Crippen molar-refractivity contribution in [1.29, 1.82) is 0 Å². The highest BCUT2D eigenvalue weighted by molar-refractivity contribution is 7.10. The molecule has 1 saturated heterocycles. The molecule has 0 aromatic carbocycles. The monoisotopic (exact) mass is 281 g/mol. The Bertz CT molecular complexity index is 472. The van der Waals surface area contributed by atoms with E-state index in [1.54, 1.807) is 11.3 Å². The summed E-state index contributed by atoms with van der Waals surface area (Å²) >= 11 is 1.70. The lowest BCUT2D eigenvalue weighted by atomic mass is 10.2. The van der Waals surface area contributed by atoms with Crippen molar-refractivity contribution in [1.82, 2.24) is 10.2 Å². The maximum Gasteiger partial charge on any atom is 0.315 e. The number of hydrogen-bond donors (Lipinski definition) is 2. The predicted molar refractivity (Wildman–Crippen MR) is 75.1 cm³/mol. The second kappa shape index (κ2) is 6.06. The Morgan fingerprint density at radius 1 is 1.58 bits per heavy atom. The summed E-state index contributed by atoms with van der Waals surface area (Å²) in [6.45, 7) is 3.25. The van der Waals surface area contributed by atoms with Crippen molar-refractivity contribution in [2.75, 3.05) is 13.1 Å². The average molecular weight is 281 g/mol. The molecule has 2 heterocycles. The highest BCUT2D eigenvalue weighted by Crippen LogP contribution is 2.17. The molecule has 0 spiro atoms. The molecule has 104 valence electrons. The average Bonchev–Trinajstić information content (AvgIpc) is 2.98. The van der Waals surface area contributed by atoms with Gasteiger partial charge in [-0.3, -0.25) is 4.79 Å². The van der Waals surface area contributed by atoms with Crippen LogP contribution in [0.4, 0.5) is 4.79 Å². The van der Waals surface area contributed by atoms with Gasteiger partial charge in [0.1, 0.15) is 6.04 Å². The molecule has 2 rings (SSSR count). The molecule has 0 unspecified atom stereocenters. The molecule has 0 bridgehead atoms. The van der Waals surface area contributed by atoms with Gasteiger partial charge >= 0.3 is 6.03 Å². The summed E-state index contributed by atoms with van der Waals surface area (Å²) in [7, 11) is 0. The number of hydrogen-bond acceptors (Lipinski definition) is 3. The number of amides is 3. The van der Waals surface area contributed by atoms with Crippen LogP contribution in [-0.4, -0.2) is 36.0 Å². The van der Waals surface area contributed by atoms with Crippen LogP contribution < -0.4 is 11.1 Å². The lowest BCUT2D eigenvalue weighted by Crippen LogP contribution is -2.48. The quantitative estimate of drug-likeness (QED) is 0.871. The molecule has 6 heteroatoms. The zero-order chi connectivity index (χ0) is 13.8. The lowest BCUT2D eigenvalue weighted by molar-refractivity contribution is -0.124. The van der Waals surface area contributed by atoms with Crippen molar-refractivity contribution in [2.24, 2.45) is 5.73 Å². The second-order valence-corrected chi connectivity index (χ2v) is 5.76. The number of rotatable bonds is 4. The molecule has 1 aromatic heterocycles. The van der Waals surface area contributed by atoms with Gasteiger partial charge in [-0.15, -0.1) is 11.3 Å². The van der Waals surface area contributed by atoms with Crippen LogP contribution in [0.15, 0.2) is 11.4 Å². The number of likely N-dealkylation sites (tertiary alicyclic amines) is 1. The van der Waals surface area contributed by atoms with E-state index in [1.165, 1.54) is 15.3 Å². The number of nitrogens with two attached hydrogens (primary N) is 1. The summed E-state index contributed by atoms with van der Waals surface area (Å²) in [5.74, 6) is -0.0921. The van der Waals surface area contributed by atoms with Crippen LogP contribution in [0.5, 0.6) is 0 Å². The number of primary amides is 1. The number of carbonyl (C=O) groups excluding carboxylic acids is 2. The summed E-state index contributed by atoms with van der Waals surface area (Å²) in [4.78, 5) is 25.9. The van der Waals surface area contributed by atoms with Crippen molar-refractivity contribution in [3.63, 3.8) is 0 Å². The third-order valence-corrected chi connectivity index (χ3v) is 4.54. The van der Waals surface area contributed by atoms with E-state index in [-0.39, 0.29) is 11.9 Å². The number of urea groups is 1. The van der Waals surface area contributed by atoms with Crippen LogP contribution in [0.3, 0.4) is 0 Å². The van der Waals surface area contributed by atoms with E-state index in [9.17, 15) is 9.59 Å². The summed E-state index contributed by atoms with van der Waals surface area (Å²) in [6.07, 6.45) is 2.37. The standard InChI is InChI=1S/C13H19N3O2S/c1-9-5-8-19-11(9)4-6-15-12(17)10-3-2-7-16(10)13(14)18/h5,8,10H,2-4,6-7H2,1H3,(H2,14,18)(H,15,17)/t10-/m1/s1. The van der Waals surface area contributed by atoms with Gasteiger partial charge in [-0.25, -0.2) is 4.79 Å². The smallest absolute Gasteiger partial charge is 0.315 e. The minimum absolute atomic E-state index is 0.0921. The van der Waals surface area contributed by atoms with E-state index >= 15 is 0 Å². The van der Waals surface area contributed by atoms with Crippen LogP contribution in [0.2, 0.25) is 0 Å². The summed E-state index contributed by atoms with van der Waals surface area (Å²) in [5.41, 5.74) is 6.52. The fourth-order valence-electron chi connectivity index (χ4n) is 2.38. The Morgan fingerprint density at radius 2 is 2.37 bits per heavy atom. The van der Waals surface area contributed by atoms with E-state index in [1.807, 2.05) is 0 Å². The zero-order valence-electron chi connectivity index (χ0n) is 11.0. The molecule has 0 aliphatic carbocycles. The van der Waals surface area contributed by atoms with E-state index in [0.29, 0.717) is 19.5 Å². The van der Waals surface area contributed by atoms with E-state index in [0.717, 1.165) is 12.8 Å². The second-order valence-electron chi connectivity index (χ2n) is 4.76. The van der Waals surface area contributed by atoms with Gasteiger partial charge in [0.25, 0.3) is 0 Å². The Hall–Kier alpha value is -1.56. The number of nitrogens with zero attached hydrogens (tertiary/aromatic N) is 1. The van der Waals surface area contributed by atoms with Gasteiger partial charge in [-0.2, -0.15) is 0 Å². The minimum Gasteiger partial charge on any atom is -0.354 e. The molecule has 1 aliphatic heterocycles.